The molecule has 0 radical (unpaired) electrons. The van der Waals surface area contributed by atoms with Gasteiger partial charge in [-0.1, -0.05) is 11.6 Å². The zero-order valence-electron chi connectivity index (χ0n) is 13.8. The van der Waals surface area contributed by atoms with E-state index in [0.29, 0.717) is 28.8 Å². The van der Waals surface area contributed by atoms with Gasteiger partial charge in [-0.2, -0.15) is 0 Å². The van der Waals surface area contributed by atoms with Crippen LogP contribution in [0.3, 0.4) is 0 Å². The highest BCUT2D eigenvalue weighted by Gasteiger charge is 2.15. The molecule has 2 aromatic carbocycles. The van der Waals surface area contributed by atoms with E-state index in [0.717, 1.165) is 11.1 Å². The minimum atomic E-state index is -0.112. The standard InChI is InChI=1S/C18H16ClN3O3/c1-22(10-14-9-15(19)7-8-16(14)24-2)18(23)13-5-3-12(4-6-13)17-21-20-11-25-17/h3-9,11H,10H2,1-2H3. The normalized spacial score (nSPS) is 10.5. The van der Waals surface area contributed by atoms with Crippen LogP contribution in [0.4, 0.5) is 0 Å². The first-order valence-electron chi connectivity index (χ1n) is 7.53. The van der Waals surface area contributed by atoms with Crippen molar-refractivity contribution in [3.63, 3.8) is 0 Å². The van der Waals surface area contributed by atoms with Gasteiger partial charge in [0, 0.05) is 35.3 Å². The number of methoxy groups -OCH3 is 1. The third-order valence-corrected chi connectivity index (χ3v) is 3.97. The molecule has 0 fully saturated rings. The summed E-state index contributed by atoms with van der Waals surface area (Å²) in [5.74, 6) is 0.992. The molecule has 0 bridgehead atoms. The Hall–Kier alpha value is -2.86. The minimum absolute atomic E-state index is 0.112. The van der Waals surface area contributed by atoms with Gasteiger partial charge in [-0.05, 0) is 42.5 Å². The number of benzene rings is 2. The van der Waals surface area contributed by atoms with Crippen LogP contribution in [0, 0.1) is 0 Å². The van der Waals surface area contributed by atoms with Crippen molar-refractivity contribution in [2.45, 2.75) is 6.54 Å². The van der Waals surface area contributed by atoms with E-state index in [1.165, 1.54) is 6.39 Å². The monoisotopic (exact) mass is 357 g/mol. The van der Waals surface area contributed by atoms with Gasteiger partial charge in [-0.25, -0.2) is 0 Å². The topological polar surface area (TPSA) is 68.5 Å². The zero-order valence-corrected chi connectivity index (χ0v) is 14.5. The summed E-state index contributed by atoms with van der Waals surface area (Å²) in [6.07, 6.45) is 1.26. The number of hydrogen-bond acceptors (Lipinski definition) is 5. The summed E-state index contributed by atoms with van der Waals surface area (Å²) in [4.78, 5) is 14.2. The lowest BCUT2D eigenvalue weighted by atomic mass is 10.1. The maximum Gasteiger partial charge on any atom is 0.253 e. The van der Waals surface area contributed by atoms with Crippen LogP contribution < -0.4 is 4.74 Å². The van der Waals surface area contributed by atoms with Gasteiger partial charge in [-0.15, -0.1) is 10.2 Å². The average Bonchev–Trinajstić information content (AvgIpc) is 3.16. The van der Waals surface area contributed by atoms with Crippen molar-refractivity contribution in [2.24, 2.45) is 0 Å². The predicted octanol–water partition coefficient (Wildman–Crippen LogP) is 3.67. The summed E-state index contributed by atoms with van der Waals surface area (Å²) in [7, 11) is 3.32. The largest absolute Gasteiger partial charge is 0.496 e. The molecule has 0 aliphatic rings. The van der Waals surface area contributed by atoms with E-state index in [9.17, 15) is 4.79 Å². The first kappa shape index (κ1) is 17.0. The van der Waals surface area contributed by atoms with E-state index < -0.39 is 0 Å². The summed E-state index contributed by atoms with van der Waals surface area (Å²) in [6, 6.07) is 12.3. The molecule has 0 N–H and O–H groups in total. The number of hydrogen-bond donors (Lipinski definition) is 0. The van der Waals surface area contributed by atoms with Crippen molar-refractivity contribution in [3.05, 3.63) is 65.0 Å². The van der Waals surface area contributed by atoms with Gasteiger partial charge in [0.1, 0.15) is 5.75 Å². The molecule has 7 heteroatoms. The highest BCUT2D eigenvalue weighted by atomic mass is 35.5. The Bertz CT molecular complexity index is 864. The summed E-state index contributed by atoms with van der Waals surface area (Å²) < 4.78 is 10.5. The third-order valence-electron chi connectivity index (χ3n) is 3.74. The molecule has 0 aliphatic heterocycles. The van der Waals surface area contributed by atoms with Crippen LogP contribution in [0.15, 0.2) is 53.3 Å². The van der Waals surface area contributed by atoms with Crippen molar-refractivity contribution >= 4 is 17.5 Å². The first-order valence-corrected chi connectivity index (χ1v) is 7.91. The maximum atomic E-state index is 12.6. The summed E-state index contributed by atoms with van der Waals surface area (Å²) in [5.41, 5.74) is 2.16. The molecule has 25 heavy (non-hydrogen) atoms. The second-order valence-electron chi connectivity index (χ2n) is 5.44. The van der Waals surface area contributed by atoms with Crippen LogP contribution in [0.5, 0.6) is 5.75 Å². The Morgan fingerprint density at radius 1 is 1.24 bits per heavy atom. The Morgan fingerprint density at radius 2 is 2.00 bits per heavy atom. The fourth-order valence-corrected chi connectivity index (χ4v) is 2.67. The molecule has 0 atom stereocenters. The van der Waals surface area contributed by atoms with E-state index in [1.54, 1.807) is 61.5 Å². The molecule has 6 nitrogen and oxygen atoms in total. The second-order valence-corrected chi connectivity index (χ2v) is 5.88. The molecule has 128 valence electrons. The molecule has 0 unspecified atom stereocenters. The highest BCUT2D eigenvalue weighted by molar-refractivity contribution is 6.30. The molecule has 1 amide bonds. The van der Waals surface area contributed by atoms with E-state index in [1.807, 2.05) is 0 Å². The number of halogens is 1. The summed E-state index contributed by atoms with van der Waals surface area (Å²) >= 11 is 6.04. The number of carbonyl (C=O) groups excluding carboxylic acids is 1. The number of aromatic nitrogens is 2. The van der Waals surface area contributed by atoms with Gasteiger partial charge in [0.25, 0.3) is 5.91 Å². The average molecular weight is 358 g/mol. The molecule has 1 heterocycles. The van der Waals surface area contributed by atoms with Crippen molar-refractivity contribution in [1.29, 1.82) is 0 Å². The quantitative estimate of drug-likeness (QED) is 0.696. The summed E-state index contributed by atoms with van der Waals surface area (Å²) in [5, 5.41) is 8.08. The molecule has 0 spiro atoms. The Balaban J connectivity index is 1.75. The van der Waals surface area contributed by atoms with Crippen molar-refractivity contribution in [2.75, 3.05) is 14.2 Å². The van der Waals surface area contributed by atoms with Crippen LogP contribution in [0.2, 0.25) is 5.02 Å². The van der Waals surface area contributed by atoms with Gasteiger partial charge in [0.2, 0.25) is 12.3 Å². The number of amides is 1. The lowest BCUT2D eigenvalue weighted by molar-refractivity contribution is 0.0784. The molecule has 1 aromatic heterocycles. The van der Waals surface area contributed by atoms with Crippen molar-refractivity contribution < 1.29 is 13.9 Å². The van der Waals surface area contributed by atoms with Crippen LogP contribution in [0.25, 0.3) is 11.5 Å². The smallest absolute Gasteiger partial charge is 0.253 e. The molecular formula is C18H16ClN3O3. The summed E-state index contributed by atoms with van der Waals surface area (Å²) in [6.45, 7) is 0.383. The number of nitrogens with zero attached hydrogens (tertiary/aromatic N) is 3. The van der Waals surface area contributed by atoms with Crippen LogP contribution in [-0.4, -0.2) is 35.2 Å². The predicted molar refractivity (Wildman–Crippen MR) is 93.5 cm³/mol. The molecule has 0 aliphatic carbocycles. The first-order chi connectivity index (χ1) is 12.1. The SMILES string of the molecule is COc1ccc(Cl)cc1CN(C)C(=O)c1ccc(-c2nnco2)cc1. The number of carbonyl (C=O) groups is 1. The minimum Gasteiger partial charge on any atom is -0.496 e. The fourth-order valence-electron chi connectivity index (χ4n) is 2.47. The van der Waals surface area contributed by atoms with Gasteiger partial charge in [0.05, 0.1) is 7.11 Å². The molecule has 0 saturated heterocycles. The van der Waals surface area contributed by atoms with Gasteiger partial charge < -0.3 is 14.1 Å². The Labute approximate surface area is 150 Å². The third kappa shape index (κ3) is 3.80. The molecule has 3 rings (SSSR count). The lowest BCUT2D eigenvalue weighted by Crippen LogP contribution is -2.26. The second kappa shape index (κ2) is 7.36. The zero-order chi connectivity index (χ0) is 17.8. The van der Waals surface area contributed by atoms with Crippen molar-refractivity contribution in [3.8, 4) is 17.2 Å². The van der Waals surface area contributed by atoms with E-state index >= 15 is 0 Å². The Morgan fingerprint density at radius 3 is 2.64 bits per heavy atom. The van der Waals surface area contributed by atoms with E-state index in [2.05, 4.69) is 10.2 Å². The van der Waals surface area contributed by atoms with Crippen LogP contribution in [-0.2, 0) is 6.54 Å². The highest BCUT2D eigenvalue weighted by Crippen LogP contribution is 2.24. The number of ether oxygens (including phenoxy) is 1. The molecule has 0 saturated carbocycles. The molecular weight excluding hydrogens is 342 g/mol. The van der Waals surface area contributed by atoms with E-state index in [4.69, 9.17) is 20.8 Å². The number of rotatable bonds is 5. The van der Waals surface area contributed by atoms with Crippen LogP contribution in [0.1, 0.15) is 15.9 Å². The van der Waals surface area contributed by atoms with Crippen LogP contribution >= 0.6 is 11.6 Å². The van der Waals surface area contributed by atoms with Gasteiger partial charge in [0.15, 0.2) is 0 Å². The molecule has 3 aromatic rings. The Kier molecular flexibility index (Phi) is 5.00. The van der Waals surface area contributed by atoms with Gasteiger partial charge in [-0.3, -0.25) is 4.79 Å². The fraction of sp³-hybridized carbons (Fsp3) is 0.167. The van der Waals surface area contributed by atoms with Gasteiger partial charge >= 0.3 is 0 Å². The lowest BCUT2D eigenvalue weighted by Gasteiger charge is -2.19. The van der Waals surface area contributed by atoms with E-state index in [-0.39, 0.29) is 5.91 Å². The maximum absolute atomic E-state index is 12.6. The van der Waals surface area contributed by atoms with Crippen molar-refractivity contribution in [1.82, 2.24) is 15.1 Å².